The predicted molar refractivity (Wildman–Crippen MR) is 74.0 cm³/mol. The Morgan fingerprint density at radius 3 is 2.26 bits per heavy atom. The van der Waals surface area contributed by atoms with Crippen LogP contribution in [0.4, 0.5) is 0 Å². The molecule has 0 unspecified atom stereocenters. The molecule has 0 N–H and O–H groups in total. The van der Waals surface area contributed by atoms with Crippen molar-refractivity contribution in [3.05, 3.63) is 23.5 Å². The summed E-state index contributed by atoms with van der Waals surface area (Å²) in [6.07, 6.45) is 0.324. The summed E-state index contributed by atoms with van der Waals surface area (Å²) in [6, 6.07) is 5.90. The first-order valence-corrected chi connectivity index (χ1v) is 6.46. The number of nitrogens with zero attached hydrogens (tertiary/aromatic N) is 2. The van der Waals surface area contributed by atoms with Gasteiger partial charge in [-0.2, -0.15) is 5.26 Å². The molecule has 1 aliphatic heterocycles. The van der Waals surface area contributed by atoms with E-state index in [1.165, 1.54) is 0 Å². The molecule has 0 radical (unpaired) electrons. The standard InChI is InChI=1S/C14H19BN2O2/c1-10-12(7-6-11(17-10)8-9-16)15-18-13(2,3)14(4,5)19-15/h6-7H,8H2,1-5H3. The van der Waals surface area contributed by atoms with Gasteiger partial charge in [-0.3, -0.25) is 4.98 Å². The van der Waals surface area contributed by atoms with E-state index in [4.69, 9.17) is 14.6 Å². The van der Waals surface area contributed by atoms with Crippen LogP contribution in [0, 0.1) is 18.3 Å². The molecular weight excluding hydrogens is 239 g/mol. The van der Waals surface area contributed by atoms with Crippen LogP contribution in [0.2, 0.25) is 0 Å². The fourth-order valence-corrected chi connectivity index (χ4v) is 2.02. The van der Waals surface area contributed by atoms with E-state index in [-0.39, 0.29) is 11.2 Å². The van der Waals surface area contributed by atoms with Gasteiger partial charge in [-0.05, 0) is 40.7 Å². The molecule has 100 valence electrons. The third kappa shape index (κ3) is 2.51. The summed E-state index contributed by atoms with van der Waals surface area (Å²) < 4.78 is 12.0. The van der Waals surface area contributed by atoms with Crippen LogP contribution in [0.3, 0.4) is 0 Å². The molecule has 0 amide bonds. The molecule has 5 heteroatoms. The zero-order valence-electron chi connectivity index (χ0n) is 12.2. The summed E-state index contributed by atoms with van der Waals surface area (Å²) in [6.45, 7) is 10.0. The Balaban J connectivity index is 2.28. The van der Waals surface area contributed by atoms with Crippen LogP contribution in [0.15, 0.2) is 12.1 Å². The second-order valence-electron chi connectivity index (χ2n) is 5.90. The van der Waals surface area contributed by atoms with Crippen LogP contribution in [-0.4, -0.2) is 23.3 Å². The Bertz CT molecular complexity index is 519. The lowest BCUT2D eigenvalue weighted by Crippen LogP contribution is -2.41. The van der Waals surface area contributed by atoms with Gasteiger partial charge in [0.2, 0.25) is 0 Å². The molecule has 0 bridgehead atoms. The maximum atomic E-state index is 8.69. The lowest BCUT2D eigenvalue weighted by Gasteiger charge is -2.32. The molecule has 1 saturated heterocycles. The lowest BCUT2D eigenvalue weighted by molar-refractivity contribution is 0.00578. The fourth-order valence-electron chi connectivity index (χ4n) is 2.02. The summed E-state index contributed by atoms with van der Waals surface area (Å²) in [4.78, 5) is 4.42. The summed E-state index contributed by atoms with van der Waals surface area (Å²) in [7, 11) is -0.395. The number of nitriles is 1. The van der Waals surface area contributed by atoms with Gasteiger partial charge in [0.15, 0.2) is 0 Å². The van der Waals surface area contributed by atoms with Crippen LogP contribution in [-0.2, 0) is 15.7 Å². The summed E-state index contributed by atoms with van der Waals surface area (Å²) >= 11 is 0. The van der Waals surface area contributed by atoms with Crippen LogP contribution in [0.25, 0.3) is 0 Å². The highest BCUT2D eigenvalue weighted by Crippen LogP contribution is 2.36. The van der Waals surface area contributed by atoms with Crippen LogP contribution >= 0.6 is 0 Å². The summed E-state index contributed by atoms with van der Waals surface area (Å²) in [5.74, 6) is 0. The number of aromatic nitrogens is 1. The third-order valence-corrected chi connectivity index (χ3v) is 3.95. The Kier molecular flexibility index (Phi) is 3.42. The largest absolute Gasteiger partial charge is 0.496 e. The number of hydrogen-bond acceptors (Lipinski definition) is 4. The van der Waals surface area contributed by atoms with Crippen LogP contribution in [0.5, 0.6) is 0 Å². The molecule has 1 aliphatic rings. The van der Waals surface area contributed by atoms with Crippen molar-refractivity contribution in [2.45, 2.75) is 52.2 Å². The zero-order valence-corrected chi connectivity index (χ0v) is 12.2. The zero-order chi connectivity index (χ0) is 14.3. The second-order valence-corrected chi connectivity index (χ2v) is 5.90. The SMILES string of the molecule is Cc1nc(CC#N)ccc1B1OC(C)(C)C(C)(C)O1. The van der Waals surface area contributed by atoms with E-state index in [0.717, 1.165) is 16.9 Å². The Hall–Kier alpha value is -1.38. The van der Waals surface area contributed by atoms with E-state index in [1.54, 1.807) is 0 Å². The molecule has 0 spiro atoms. The first kappa shape index (κ1) is 14.0. The molecule has 0 aromatic carbocycles. The van der Waals surface area contributed by atoms with Gasteiger partial charge in [0, 0.05) is 11.2 Å². The third-order valence-electron chi connectivity index (χ3n) is 3.95. The molecular formula is C14H19BN2O2. The van der Waals surface area contributed by atoms with Crippen LogP contribution < -0.4 is 5.46 Å². The monoisotopic (exact) mass is 258 g/mol. The topological polar surface area (TPSA) is 55.1 Å². The van der Waals surface area contributed by atoms with E-state index in [0.29, 0.717) is 6.42 Å². The first-order chi connectivity index (χ1) is 8.77. The molecule has 2 heterocycles. The number of hydrogen-bond donors (Lipinski definition) is 0. The van der Waals surface area contributed by atoms with Gasteiger partial charge in [0.1, 0.15) is 0 Å². The summed E-state index contributed by atoms with van der Waals surface area (Å²) in [5.41, 5.74) is 1.86. The Morgan fingerprint density at radius 1 is 1.21 bits per heavy atom. The molecule has 4 nitrogen and oxygen atoms in total. The molecule has 0 saturated carbocycles. The average Bonchev–Trinajstić information content (AvgIpc) is 2.48. The molecule has 1 aromatic rings. The van der Waals surface area contributed by atoms with Gasteiger partial charge >= 0.3 is 7.12 Å². The van der Waals surface area contributed by atoms with Crippen molar-refractivity contribution in [2.75, 3.05) is 0 Å². The van der Waals surface area contributed by atoms with Crippen molar-refractivity contribution in [3.63, 3.8) is 0 Å². The molecule has 0 aliphatic carbocycles. The molecule has 19 heavy (non-hydrogen) atoms. The normalized spacial score (nSPS) is 20.3. The maximum absolute atomic E-state index is 8.69. The fraction of sp³-hybridized carbons (Fsp3) is 0.571. The molecule has 0 atom stereocenters. The minimum absolute atomic E-state index is 0.324. The van der Waals surface area contributed by atoms with Crippen molar-refractivity contribution in [1.29, 1.82) is 5.26 Å². The van der Waals surface area contributed by atoms with Gasteiger partial charge < -0.3 is 9.31 Å². The van der Waals surface area contributed by atoms with E-state index in [2.05, 4.69) is 11.1 Å². The minimum Gasteiger partial charge on any atom is -0.399 e. The lowest BCUT2D eigenvalue weighted by atomic mass is 9.78. The highest BCUT2D eigenvalue weighted by atomic mass is 16.7. The number of aryl methyl sites for hydroxylation is 1. The molecule has 1 aromatic heterocycles. The average molecular weight is 258 g/mol. The Labute approximate surface area is 114 Å². The van der Waals surface area contributed by atoms with Gasteiger partial charge in [0.05, 0.1) is 29.4 Å². The highest BCUT2D eigenvalue weighted by Gasteiger charge is 2.52. The van der Waals surface area contributed by atoms with Gasteiger partial charge in [-0.15, -0.1) is 0 Å². The van der Waals surface area contributed by atoms with E-state index < -0.39 is 7.12 Å². The Morgan fingerprint density at radius 2 is 1.79 bits per heavy atom. The van der Waals surface area contributed by atoms with Gasteiger partial charge in [-0.25, -0.2) is 0 Å². The highest BCUT2D eigenvalue weighted by molar-refractivity contribution is 6.62. The van der Waals surface area contributed by atoms with Gasteiger partial charge in [0.25, 0.3) is 0 Å². The first-order valence-electron chi connectivity index (χ1n) is 6.46. The predicted octanol–water partition coefficient (Wildman–Crippen LogP) is 1.76. The minimum atomic E-state index is -0.395. The summed E-state index contributed by atoms with van der Waals surface area (Å²) in [5, 5.41) is 8.69. The van der Waals surface area contributed by atoms with Crippen molar-refractivity contribution in [1.82, 2.24) is 4.98 Å². The van der Waals surface area contributed by atoms with E-state index >= 15 is 0 Å². The quantitative estimate of drug-likeness (QED) is 0.758. The number of rotatable bonds is 2. The van der Waals surface area contributed by atoms with E-state index in [1.807, 2.05) is 46.8 Å². The van der Waals surface area contributed by atoms with Crippen LogP contribution in [0.1, 0.15) is 39.1 Å². The molecule has 2 rings (SSSR count). The number of pyridine rings is 1. The smallest absolute Gasteiger partial charge is 0.399 e. The maximum Gasteiger partial charge on any atom is 0.496 e. The van der Waals surface area contributed by atoms with Crippen molar-refractivity contribution < 1.29 is 9.31 Å². The van der Waals surface area contributed by atoms with Crippen molar-refractivity contribution in [2.24, 2.45) is 0 Å². The van der Waals surface area contributed by atoms with Crippen molar-refractivity contribution in [3.8, 4) is 6.07 Å². The molecule has 1 fully saturated rings. The van der Waals surface area contributed by atoms with E-state index in [9.17, 15) is 0 Å². The second kappa shape index (κ2) is 4.62. The van der Waals surface area contributed by atoms with Crippen molar-refractivity contribution >= 4 is 12.6 Å². The van der Waals surface area contributed by atoms with Gasteiger partial charge in [-0.1, -0.05) is 6.07 Å².